The molecule has 1 aromatic carbocycles. The Balaban J connectivity index is 1.62. The van der Waals surface area contributed by atoms with Crippen LogP contribution in [0.4, 0.5) is 13.8 Å². The maximum absolute atomic E-state index is 13.3. The fourth-order valence-electron chi connectivity index (χ4n) is 3.09. The second-order valence-electron chi connectivity index (χ2n) is 6.35. The van der Waals surface area contributed by atoms with E-state index in [2.05, 4.69) is 16.7 Å². The topological polar surface area (TPSA) is 64.9 Å². The molecule has 3 rings (SSSR count). The molecule has 0 bridgehead atoms. The average molecular weight is 375 g/mol. The number of nitrogens with one attached hydrogen (secondary N) is 2. The molecule has 1 atom stereocenters. The van der Waals surface area contributed by atoms with Crippen LogP contribution in [0.15, 0.2) is 18.2 Å². The second kappa shape index (κ2) is 7.94. The normalized spacial score (nSPS) is 14.4. The molecule has 1 aliphatic carbocycles. The number of nitriles is 1. The van der Waals surface area contributed by atoms with Gasteiger partial charge in [-0.25, -0.2) is 8.78 Å². The summed E-state index contributed by atoms with van der Waals surface area (Å²) in [4.78, 5) is 13.4. The predicted molar refractivity (Wildman–Crippen MR) is 97.1 cm³/mol. The smallest absolute Gasteiger partial charge is 0.238 e. The van der Waals surface area contributed by atoms with Crippen LogP contribution in [0.1, 0.15) is 47.4 Å². The van der Waals surface area contributed by atoms with Gasteiger partial charge in [-0.05, 0) is 55.9 Å². The zero-order valence-corrected chi connectivity index (χ0v) is 15.2. The van der Waals surface area contributed by atoms with E-state index in [4.69, 9.17) is 0 Å². The van der Waals surface area contributed by atoms with E-state index in [-0.39, 0.29) is 18.5 Å². The van der Waals surface area contributed by atoms with Crippen LogP contribution in [0.25, 0.3) is 0 Å². The number of carbonyl (C=O) groups is 1. The standard InChI is InChI=1S/C19H19F2N3OS/c1-11(12-6-7-15(20)16(21)8-12)23-10-18(25)24-19-14(9-22)13-4-2-3-5-17(13)26-19/h6-8,11,23H,2-5,10H2,1H3,(H,24,25)/t11-/m1/s1. The number of rotatable bonds is 5. The third kappa shape index (κ3) is 3.92. The lowest BCUT2D eigenvalue weighted by molar-refractivity contribution is -0.115. The molecular weight excluding hydrogens is 356 g/mol. The van der Waals surface area contributed by atoms with Gasteiger partial charge >= 0.3 is 0 Å². The van der Waals surface area contributed by atoms with Gasteiger partial charge in [-0.1, -0.05) is 6.07 Å². The van der Waals surface area contributed by atoms with Gasteiger partial charge in [-0.3, -0.25) is 4.79 Å². The van der Waals surface area contributed by atoms with Crippen molar-refractivity contribution in [1.29, 1.82) is 5.26 Å². The minimum Gasteiger partial charge on any atom is -0.315 e. The van der Waals surface area contributed by atoms with E-state index in [1.807, 2.05) is 0 Å². The molecule has 0 fully saturated rings. The zero-order chi connectivity index (χ0) is 18.7. The van der Waals surface area contributed by atoms with E-state index in [1.54, 1.807) is 6.92 Å². The number of amides is 1. The van der Waals surface area contributed by atoms with Crippen LogP contribution < -0.4 is 10.6 Å². The SMILES string of the molecule is C[C@@H](NCC(=O)Nc1sc2c(c1C#N)CCCC2)c1ccc(F)c(F)c1. The summed E-state index contributed by atoms with van der Waals surface area (Å²) in [5, 5.41) is 15.8. The summed E-state index contributed by atoms with van der Waals surface area (Å²) in [6.45, 7) is 1.78. The Morgan fingerprint density at radius 2 is 2.08 bits per heavy atom. The van der Waals surface area contributed by atoms with E-state index in [0.29, 0.717) is 16.1 Å². The first-order valence-electron chi connectivity index (χ1n) is 8.52. The molecule has 1 aromatic heterocycles. The van der Waals surface area contributed by atoms with Crippen molar-refractivity contribution >= 4 is 22.2 Å². The molecule has 0 saturated heterocycles. The van der Waals surface area contributed by atoms with E-state index in [9.17, 15) is 18.8 Å². The van der Waals surface area contributed by atoms with Crippen molar-refractivity contribution in [1.82, 2.24) is 5.32 Å². The third-order valence-electron chi connectivity index (χ3n) is 4.55. The maximum Gasteiger partial charge on any atom is 0.238 e. The van der Waals surface area contributed by atoms with Gasteiger partial charge in [0.2, 0.25) is 5.91 Å². The number of halogens is 2. The maximum atomic E-state index is 13.3. The van der Waals surface area contributed by atoms with Crippen molar-refractivity contribution in [3.63, 3.8) is 0 Å². The molecule has 1 heterocycles. The van der Waals surface area contributed by atoms with Gasteiger partial charge in [0.1, 0.15) is 11.1 Å². The molecule has 1 aliphatic rings. The summed E-state index contributed by atoms with van der Waals surface area (Å²) in [6, 6.07) is 5.56. The monoisotopic (exact) mass is 375 g/mol. The number of anilines is 1. The van der Waals surface area contributed by atoms with Crippen molar-refractivity contribution in [3.8, 4) is 6.07 Å². The highest BCUT2D eigenvalue weighted by Crippen LogP contribution is 2.37. The molecule has 0 saturated carbocycles. The molecule has 2 aromatic rings. The van der Waals surface area contributed by atoms with E-state index < -0.39 is 11.6 Å². The molecule has 26 heavy (non-hydrogen) atoms. The van der Waals surface area contributed by atoms with Gasteiger partial charge in [-0.15, -0.1) is 11.3 Å². The second-order valence-corrected chi connectivity index (χ2v) is 7.46. The fourth-order valence-corrected chi connectivity index (χ4v) is 4.34. The molecule has 0 radical (unpaired) electrons. The summed E-state index contributed by atoms with van der Waals surface area (Å²) in [7, 11) is 0. The van der Waals surface area contributed by atoms with Crippen LogP contribution in [0.3, 0.4) is 0 Å². The van der Waals surface area contributed by atoms with Crippen LogP contribution in [0, 0.1) is 23.0 Å². The summed E-state index contributed by atoms with van der Waals surface area (Å²) in [5.74, 6) is -2.08. The predicted octanol–water partition coefficient (Wildman–Crippen LogP) is 4.07. The van der Waals surface area contributed by atoms with Crippen molar-refractivity contribution in [2.24, 2.45) is 0 Å². The summed E-state index contributed by atoms with van der Waals surface area (Å²) >= 11 is 1.48. The highest BCUT2D eigenvalue weighted by molar-refractivity contribution is 7.16. The van der Waals surface area contributed by atoms with Gasteiger partial charge in [0.05, 0.1) is 12.1 Å². The molecule has 4 nitrogen and oxygen atoms in total. The first-order valence-corrected chi connectivity index (χ1v) is 9.34. The lowest BCUT2D eigenvalue weighted by Gasteiger charge is -2.14. The lowest BCUT2D eigenvalue weighted by atomic mass is 9.96. The molecule has 2 N–H and O–H groups in total. The van der Waals surface area contributed by atoms with Gasteiger partial charge in [0.15, 0.2) is 11.6 Å². The molecule has 0 unspecified atom stereocenters. The lowest BCUT2D eigenvalue weighted by Crippen LogP contribution is -2.30. The molecule has 0 aliphatic heterocycles. The van der Waals surface area contributed by atoms with Gasteiger partial charge in [0.25, 0.3) is 0 Å². The number of aryl methyl sites for hydroxylation is 1. The number of thiophene rings is 1. The van der Waals surface area contributed by atoms with Gasteiger partial charge in [-0.2, -0.15) is 5.26 Å². The Bertz CT molecular complexity index is 872. The fraction of sp³-hybridized carbons (Fsp3) is 0.368. The Labute approximate surface area is 154 Å². The van der Waals surface area contributed by atoms with Crippen LogP contribution in [-0.4, -0.2) is 12.5 Å². The van der Waals surface area contributed by atoms with Crippen LogP contribution >= 0.6 is 11.3 Å². The Kier molecular flexibility index (Phi) is 5.64. The minimum absolute atomic E-state index is 0.00754. The van der Waals surface area contributed by atoms with Gasteiger partial charge < -0.3 is 10.6 Å². The molecule has 1 amide bonds. The number of benzene rings is 1. The number of nitrogens with zero attached hydrogens (tertiary/aromatic N) is 1. The zero-order valence-electron chi connectivity index (χ0n) is 14.4. The van der Waals surface area contributed by atoms with Crippen LogP contribution in [0.5, 0.6) is 0 Å². The van der Waals surface area contributed by atoms with E-state index >= 15 is 0 Å². The highest BCUT2D eigenvalue weighted by atomic mass is 32.1. The molecule has 0 spiro atoms. The van der Waals surface area contributed by atoms with Crippen molar-refractivity contribution in [2.45, 2.75) is 38.6 Å². The van der Waals surface area contributed by atoms with E-state index in [0.717, 1.165) is 43.4 Å². The average Bonchev–Trinajstić information content (AvgIpc) is 2.98. The summed E-state index contributed by atoms with van der Waals surface area (Å²) in [5.41, 5.74) is 2.20. The highest BCUT2D eigenvalue weighted by Gasteiger charge is 2.21. The Hall–Kier alpha value is -2.30. The molecule has 7 heteroatoms. The first-order chi connectivity index (χ1) is 12.5. The van der Waals surface area contributed by atoms with Crippen molar-refractivity contribution in [3.05, 3.63) is 51.4 Å². The summed E-state index contributed by atoms with van der Waals surface area (Å²) < 4.78 is 26.3. The van der Waals surface area contributed by atoms with Crippen molar-refractivity contribution < 1.29 is 13.6 Å². The number of hydrogen-bond donors (Lipinski definition) is 2. The molecular formula is C19H19F2N3OS. The largest absolute Gasteiger partial charge is 0.315 e. The van der Waals surface area contributed by atoms with Gasteiger partial charge in [0, 0.05) is 10.9 Å². The van der Waals surface area contributed by atoms with Crippen LogP contribution in [-0.2, 0) is 17.6 Å². The number of carbonyl (C=O) groups excluding carboxylic acids is 1. The summed E-state index contributed by atoms with van der Waals surface area (Å²) in [6.07, 6.45) is 4.02. The minimum atomic E-state index is -0.913. The number of hydrogen-bond acceptors (Lipinski definition) is 4. The first kappa shape index (κ1) is 18.5. The Morgan fingerprint density at radius 3 is 2.81 bits per heavy atom. The quantitative estimate of drug-likeness (QED) is 0.828. The van der Waals surface area contributed by atoms with Crippen LogP contribution in [0.2, 0.25) is 0 Å². The van der Waals surface area contributed by atoms with Crippen molar-refractivity contribution in [2.75, 3.05) is 11.9 Å². The number of fused-ring (bicyclic) bond motifs is 1. The molecule has 136 valence electrons. The van der Waals surface area contributed by atoms with E-state index in [1.165, 1.54) is 22.3 Å². The Morgan fingerprint density at radius 1 is 1.31 bits per heavy atom. The third-order valence-corrected chi connectivity index (χ3v) is 5.76.